The van der Waals surface area contributed by atoms with Crippen molar-refractivity contribution < 1.29 is 13.5 Å². The SMILES string of the molecule is CC(=N)/C=C1\NC(NC2CCCN(C)C2)=NN=C1c1ccc(Cl)cc1OC(F)F. The molecule has 29 heavy (non-hydrogen) atoms. The Kier molecular flexibility index (Phi) is 6.81. The Balaban J connectivity index is 1.93. The lowest BCUT2D eigenvalue weighted by Gasteiger charge is -2.31. The van der Waals surface area contributed by atoms with Gasteiger partial charge in [-0.15, -0.1) is 10.2 Å². The summed E-state index contributed by atoms with van der Waals surface area (Å²) in [6.07, 6.45) is 3.65. The molecule has 1 atom stereocenters. The smallest absolute Gasteiger partial charge is 0.387 e. The lowest BCUT2D eigenvalue weighted by Crippen LogP contribution is -2.51. The molecule has 2 heterocycles. The van der Waals surface area contributed by atoms with Crippen LogP contribution in [0.3, 0.4) is 0 Å². The van der Waals surface area contributed by atoms with Gasteiger partial charge in [-0.1, -0.05) is 11.6 Å². The molecular formula is C19H23ClF2N6O. The molecule has 1 aromatic rings. The van der Waals surface area contributed by atoms with Crippen molar-refractivity contribution in [2.45, 2.75) is 32.4 Å². The number of rotatable bonds is 5. The third-order valence-corrected chi connectivity index (χ3v) is 4.73. The summed E-state index contributed by atoms with van der Waals surface area (Å²) in [5, 5.41) is 22.9. The summed E-state index contributed by atoms with van der Waals surface area (Å²) in [4.78, 5) is 2.24. The molecule has 0 amide bonds. The highest BCUT2D eigenvalue weighted by molar-refractivity contribution is 6.31. The molecule has 1 saturated heterocycles. The van der Waals surface area contributed by atoms with Gasteiger partial charge in [0.25, 0.3) is 0 Å². The van der Waals surface area contributed by atoms with Crippen molar-refractivity contribution in [3.8, 4) is 5.75 Å². The second-order valence-corrected chi connectivity index (χ2v) is 7.46. The zero-order valence-corrected chi connectivity index (χ0v) is 16.9. The zero-order chi connectivity index (χ0) is 21.0. The molecule has 2 aliphatic heterocycles. The van der Waals surface area contributed by atoms with Crippen molar-refractivity contribution in [1.82, 2.24) is 15.5 Å². The number of halogens is 3. The van der Waals surface area contributed by atoms with E-state index in [1.54, 1.807) is 19.1 Å². The van der Waals surface area contributed by atoms with E-state index in [2.05, 4.69) is 37.5 Å². The largest absolute Gasteiger partial charge is 0.434 e. The van der Waals surface area contributed by atoms with E-state index in [0.29, 0.717) is 17.2 Å². The van der Waals surface area contributed by atoms with Crippen LogP contribution in [0.2, 0.25) is 5.02 Å². The molecule has 1 unspecified atom stereocenters. The lowest BCUT2D eigenvalue weighted by molar-refractivity contribution is -0.0499. The van der Waals surface area contributed by atoms with E-state index in [-0.39, 0.29) is 28.2 Å². The first-order chi connectivity index (χ1) is 13.8. The van der Waals surface area contributed by atoms with Crippen LogP contribution in [-0.4, -0.2) is 55.1 Å². The Morgan fingerprint density at radius 2 is 2.24 bits per heavy atom. The van der Waals surface area contributed by atoms with Gasteiger partial charge in [-0.2, -0.15) is 8.78 Å². The van der Waals surface area contributed by atoms with Crippen LogP contribution in [0.5, 0.6) is 5.75 Å². The van der Waals surface area contributed by atoms with Crippen LogP contribution in [-0.2, 0) is 0 Å². The van der Waals surface area contributed by atoms with Crippen molar-refractivity contribution in [1.29, 1.82) is 5.41 Å². The second-order valence-electron chi connectivity index (χ2n) is 7.03. The molecular weight excluding hydrogens is 402 g/mol. The Morgan fingerprint density at radius 3 is 2.93 bits per heavy atom. The number of alkyl halides is 2. The van der Waals surface area contributed by atoms with E-state index < -0.39 is 6.61 Å². The van der Waals surface area contributed by atoms with E-state index in [0.717, 1.165) is 25.9 Å². The average molecular weight is 425 g/mol. The van der Waals surface area contributed by atoms with Crippen molar-refractivity contribution in [3.05, 3.63) is 40.6 Å². The van der Waals surface area contributed by atoms with Gasteiger partial charge in [-0.3, -0.25) is 0 Å². The van der Waals surface area contributed by atoms with Crippen LogP contribution < -0.4 is 15.4 Å². The van der Waals surface area contributed by atoms with E-state index in [9.17, 15) is 8.78 Å². The van der Waals surface area contributed by atoms with Gasteiger partial charge in [0.15, 0.2) is 0 Å². The first kappa shape index (κ1) is 21.2. The van der Waals surface area contributed by atoms with Gasteiger partial charge < -0.3 is 25.7 Å². The van der Waals surface area contributed by atoms with E-state index in [1.807, 2.05) is 0 Å². The Hall–Kier alpha value is -2.52. The van der Waals surface area contributed by atoms with E-state index >= 15 is 0 Å². The topological polar surface area (TPSA) is 85.1 Å². The maximum absolute atomic E-state index is 12.8. The maximum atomic E-state index is 12.8. The van der Waals surface area contributed by atoms with Gasteiger partial charge in [0, 0.05) is 28.9 Å². The molecule has 0 bridgehead atoms. The van der Waals surface area contributed by atoms with Gasteiger partial charge in [0.1, 0.15) is 11.5 Å². The summed E-state index contributed by atoms with van der Waals surface area (Å²) in [6, 6.07) is 4.61. The molecule has 0 spiro atoms. The van der Waals surface area contributed by atoms with Gasteiger partial charge in [0.05, 0.1) is 5.70 Å². The first-order valence-corrected chi connectivity index (χ1v) is 9.59. The van der Waals surface area contributed by atoms with Gasteiger partial charge in [0.2, 0.25) is 5.96 Å². The van der Waals surface area contributed by atoms with Gasteiger partial charge in [-0.25, -0.2) is 0 Å². The summed E-state index contributed by atoms with van der Waals surface area (Å²) in [5.41, 5.74) is 1.31. The molecule has 156 valence electrons. The number of nitrogens with zero attached hydrogens (tertiary/aromatic N) is 3. The maximum Gasteiger partial charge on any atom is 0.387 e. The Bertz CT molecular complexity index is 870. The number of benzene rings is 1. The normalized spacial score (nSPS) is 21.4. The number of hydrogen-bond acceptors (Lipinski definition) is 7. The minimum atomic E-state index is -3.01. The molecule has 1 aromatic carbocycles. The van der Waals surface area contributed by atoms with Crippen LogP contribution in [0.4, 0.5) is 8.78 Å². The molecule has 0 aliphatic carbocycles. The number of nitrogens with one attached hydrogen (secondary N) is 3. The highest BCUT2D eigenvalue weighted by Gasteiger charge is 2.24. The monoisotopic (exact) mass is 424 g/mol. The van der Waals surface area contributed by atoms with Crippen LogP contribution in [0.1, 0.15) is 25.3 Å². The highest BCUT2D eigenvalue weighted by atomic mass is 35.5. The van der Waals surface area contributed by atoms with Crippen molar-refractivity contribution in [2.75, 3.05) is 20.1 Å². The first-order valence-electron chi connectivity index (χ1n) is 9.21. The van der Waals surface area contributed by atoms with Crippen LogP contribution in [0, 0.1) is 5.41 Å². The fraction of sp³-hybridized carbons (Fsp3) is 0.421. The number of piperidine rings is 1. The number of guanidine groups is 1. The van der Waals surface area contributed by atoms with Crippen LogP contribution in [0.25, 0.3) is 0 Å². The predicted molar refractivity (Wildman–Crippen MR) is 110 cm³/mol. The quantitative estimate of drug-likeness (QED) is 0.633. The Labute approximate surface area is 173 Å². The average Bonchev–Trinajstić information content (AvgIpc) is 2.62. The number of hydrogen-bond donors (Lipinski definition) is 3. The molecule has 2 aliphatic rings. The van der Waals surface area contributed by atoms with E-state index in [1.165, 1.54) is 12.1 Å². The number of allylic oxidation sites excluding steroid dienone is 2. The molecule has 3 rings (SSSR count). The molecule has 10 heteroatoms. The summed E-state index contributed by atoms with van der Waals surface area (Å²) >= 11 is 5.93. The third-order valence-electron chi connectivity index (χ3n) is 4.50. The highest BCUT2D eigenvalue weighted by Crippen LogP contribution is 2.28. The minimum Gasteiger partial charge on any atom is -0.434 e. The third kappa shape index (κ3) is 5.74. The number of ether oxygens (including phenoxy) is 1. The van der Waals surface area contributed by atoms with Gasteiger partial charge >= 0.3 is 6.61 Å². The number of likely N-dealkylation sites (N-methyl/N-ethyl adjacent to an activating group) is 1. The lowest BCUT2D eigenvalue weighted by atomic mass is 10.0. The summed E-state index contributed by atoms with van der Waals surface area (Å²) in [7, 11) is 2.06. The zero-order valence-electron chi connectivity index (χ0n) is 16.2. The van der Waals surface area contributed by atoms with Gasteiger partial charge in [-0.05, 0) is 57.6 Å². The fourth-order valence-corrected chi connectivity index (χ4v) is 3.48. The number of likely N-dealkylation sites (tertiary alicyclic amines) is 1. The molecule has 0 radical (unpaired) electrons. The summed E-state index contributed by atoms with van der Waals surface area (Å²) < 4.78 is 30.3. The second kappa shape index (κ2) is 9.32. The molecule has 0 saturated carbocycles. The minimum absolute atomic E-state index is 0.109. The van der Waals surface area contributed by atoms with Crippen molar-refractivity contribution in [2.24, 2.45) is 10.2 Å². The summed E-state index contributed by atoms with van der Waals surface area (Å²) in [5.74, 6) is 0.342. The molecule has 0 aromatic heterocycles. The van der Waals surface area contributed by atoms with Crippen molar-refractivity contribution >= 4 is 29.0 Å². The van der Waals surface area contributed by atoms with Crippen LogP contribution in [0.15, 0.2) is 40.2 Å². The molecule has 7 nitrogen and oxygen atoms in total. The van der Waals surface area contributed by atoms with Crippen LogP contribution >= 0.6 is 11.6 Å². The summed E-state index contributed by atoms with van der Waals surface area (Å²) in [6.45, 7) is 0.538. The standard InChI is InChI=1S/C19H23ClF2N6O/c1-11(23)8-15-17(14-6-5-12(20)9-16(14)29-18(21)22)26-27-19(25-15)24-13-4-3-7-28(2)10-13/h5-6,8-9,13,18,23H,3-4,7,10H2,1-2H3,(H2,24,25,27)/b15-8-,23-11?. The Morgan fingerprint density at radius 1 is 1.45 bits per heavy atom. The van der Waals surface area contributed by atoms with Crippen molar-refractivity contribution in [3.63, 3.8) is 0 Å². The predicted octanol–water partition coefficient (Wildman–Crippen LogP) is 3.21. The fourth-order valence-electron chi connectivity index (χ4n) is 3.31. The molecule has 3 N–H and O–H groups in total. The van der Waals surface area contributed by atoms with E-state index in [4.69, 9.17) is 17.0 Å². The molecule has 1 fully saturated rings.